The first-order valence-electron chi connectivity index (χ1n) is 6.57. The summed E-state index contributed by atoms with van der Waals surface area (Å²) in [6.07, 6.45) is -3.34. The van der Waals surface area contributed by atoms with Crippen LogP contribution in [0.1, 0.15) is 12.0 Å². The van der Waals surface area contributed by atoms with Gasteiger partial charge in [-0.2, -0.15) is 13.2 Å². The van der Waals surface area contributed by atoms with Gasteiger partial charge in [0.1, 0.15) is 0 Å². The van der Waals surface area contributed by atoms with Gasteiger partial charge in [0.05, 0.1) is 16.6 Å². The molecular formula is C13H15F3N4. The van der Waals surface area contributed by atoms with Crippen LogP contribution in [-0.2, 0) is 6.18 Å². The Hall–Kier alpha value is -1.76. The fourth-order valence-corrected chi connectivity index (χ4v) is 2.38. The predicted octanol–water partition coefficient (Wildman–Crippen LogP) is 2.38. The molecule has 1 aromatic heterocycles. The smallest absolute Gasteiger partial charge is 0.341 e. The van der Waals surface area contributed by atoms with Crippen molar-refractivity contribution in [3.63, 3.8) is 0 Å². The summed E-state index contributed by atoms with van der Waals surface area (Å²) >= 11 is 0. The van der Waals surface area contributed by atoms with Gasteiger partial charge < -0.3 is 15.2 Å². The van der Waals surface area contributed by atoms with Crippen molar-refractivity contribution in [3.8, 4) is 0 Å². The Balaban J connectivity index is 1.93. The maximum Gasteiger partial charge on any atom is 0.416 e. The molecular weight excluding hydrogens is 269 g/mol. The number of halogens is 3. The summed E-state index contributed by atoms with van der Waals surface area (Å²) in [5, 5.41) is 3.28. The second-order valence-electron chi connectivity index (χ2n) is 4.88. The maximum absolute atomic E-state index is 12.7. The highest BCUT2D eigenvalue weighted by molar-refractivity contribution is 5.78. The standard InChI is InChI=1S/C13H15F3N4/c14-13(15,16)9-2-3-10-11(8-9)19-12(18-10)20-6-1-4-17-5-7-20/h2-3,8,17H,1,4-7H2,(H,18,19). The number of nitrogens with zero attached hydrogens (tertiary/aromatic N) is 2. The minimum atomic E-state index is -4.33. The number of fused-ring (bicyclic) bond motifs is 1. The summed E-state index contributed by atoms with van der Waals surface area (Å²) in [7, 11) is 0. The van der Waals surface area contributed by atoms with Gasteiger partial charge >= 0.3 is 6.18 Å². The summed E-state index contributed by atoms with van der Waals surface area (Å²) in [5.74, 6) is 0.642. The van der Waals surface area contributed by atoms with Gasteiger partial charge in [0.15, 0.2) is 0 Å². The summed E-state index contributed by atoms with van der Waals surface area (Å²) in [4.78, 5) is 9.43. The second-order valence-corrected chi connectivity index (χ2v) is 4.88. The minimum Gasteiger partial charge on any atom is -0.341 e. The van der Waals surface area contributed by atoms with Gasteiger partial charge in [-0.3, -0.25) is 0 Å². The lowest BCUT2D eigenvalue weighted by molar-refractivity contribution is -0.137. The lowest BCUT2D eigenvalue weighted by Gasteiger charge is -2.18. The van der Waals surface area contributed by atoms with Crippen LogP contribution < -0.4 is 10.2 Å². The molecule has 1 fully saturated rings. The van der Waals surface area contributed by atoms with Gasteiger partial charge in [-0.25, -0.2) is 4.98 Å². The lowest BCUT2D eigenvalue weighted by atomic mass is 10.2. The zero-order chi connectivity index (χ0) is 14.2. The van der Waals surface area contributed by atoms with Crippen molar-refractivity contribution >= 4 is 17.0 Å². The highest BCUT2D eigenvalue weighted by Gasteiger charge is 2.30. The number of benzene rings is 1. The molecule has 7 heteroatoms. The van der Waals surface area contributed by atoms with Crippen LogP contribution >= 0.6 is 0 Å². The molecule has 0 radical (unpaired) electrons. The highest BCUT2D eigenvalue weighted by Crippen LogP contribution is 2.31. The fraction of sp³-hybridized carbons (Fsp3) is 0.462. The Kier molecular flexibility index (Phi) is 3.29. The van der Waals surface area contributed by atoms with Gasteiger partial charge in [0, 0.05) is 19.6 Å². The first kappa shape index (κ1) is 13.2. The Morgan fingerprint density at radius 1 is 1.15 bits per heavy atom. The minimum absolute atomic E-state index is 0.423. The maximum atomic E-state index is 12.7. The third kappa shape index (κ3) is 2.58. The van der Waals surface area contributed by atoms with Crippen molar-refractivity contribution in [1.82, 2.24) is 15.3 Å². The number of H-pyrrole nitrogens is 1. The zero-order valence-corrected chi connectivity index (χ0v) is 10.8. The molecule has 108 valence electrons. The Morgan fingerprint density at radius 2 is 2.00 bits per heavy atom. The average molecular weight is 284 g/mol. The molecule has 4 nitrogen and oxygen atoms in total. The quantitative estimate of drug-likeness (QED) is 0.845. The normalized spacial score (nSPS) is 17.4. The first-order chi connectivity index (χ1) is 9.54. The van der Waals surface area contributed by atoms with Gasteiger partial charge in [0.2, 0.25) is 5.95 Å². The van der Waals surface area contributed by atoms with Crippen LogP contribution in [0.15, 0.2) is 18.2 Å². The van der Waals surface area contributed by atoms with E-state index in [2.05, 4.69) is 20.2 Å². The number of imidazole rings is 1. The van der Waals surface area contributed by atoms with Crippen LogP contribution in [0.5, 0.6) is 0 Å². The number of alkyl halides is 3. The first-order valence-corrected chi connectivity index (χ1v) is 6.57. The molecule has 0 amide bonds. The number of hydrogen-bond donors (Lipinski definition) is 2. The SMILES string of the molecule is FC(F)(F)c1ccc2nc(N3CCCNCC3)[nH]c2c1. The summed E-state index contributed by atoms with van der Waals surface area (Å²) in [5.41, 5.74) is 0.329. The molecule has 3 rings (SSSR count). The van der Waals surface area contributed by atoms with Crippen molar-refractivity contribution in [2.45, 2.75) is 12.6 Å². The van der Waals surface area contributed by atoms with Gasteiger partial charge in [-0.15, -0.1) is 0 Å². The molecule has 0 bridgehead atoms. The third-order valence-electron chi connectivity index (χ3n) is 3.44. The third-order valence-corrected chi connectivity index (χ3v) is 3.44. The fourth-order valence-electron chi connectivity index (χ4n) is 2.38. The molecule has 1 aliphatic heterocycles. The molecule has 1 aromatic carbocycles. The van der Waals surface area contributed by atoms with Crippen molar-refractivity contribution in [1.29, 1.82) is 0 Å². The van der Waals surface area contributed by atoms with E-state index in [-0.39, 0.29) is 0 Å². The van der Waals surface area contributed by atoms with Crippen molar-refractivity contribution in [2.24, 2.45) is 0 Å². The van der Waals surface area contributed by atoms with Gasteiger partial charge in [0.25, 0.3) is 0 Å². The van der Waals surface area contributed by atoms with E-state index < -0.39 is 11.7 Å². The molecule has 0 unspecified atom stereocenters. The second kappa shape index (κ2) is 4.97. The molecule has 20 heavy (non-hydrogen) atoms. The molecule has 1 saturated heterocycles. The van der Waals surface area contributed by atoms with Crippen LogP contribution in [0.25, 0.3) is 11.0 Å². The number of aromatic nitrogens is 2. The zero-order valence-electron chi connectivity index (χ0n) is 10.8. The molecule has 2 N–H and O–H groups in total. The number of anilines is 1. The molecule has 0 saturated carbocycles. The molecule has 1 aliphatic rings. The lowest BCUT2D eigenvalue weighted by Crippen LogP contribution is -2.28. The van der Waals surface area contributed by atoms with E-state index in [4.69, 9.17) is 0 Å². The van der Waals surface area contributed by atoms with Gasteiger partial charge in [-0.05, 0) is 31.2 Å². The van der Waals surface area contributed by atoms with E-state index in [1.165, 1.54) is 6.07 Å². The number of hydrogen-bond acceptors (Lipinski definition) is 3. The van der Waals surface area contributed by atoms with E-state index in [1.807, 2.05) is 0 Å². The van der Waals surface area contributed by atoms with Crippen LogP contribution in [0.4, 0.5) is 19.1 Å². The number of rotatable bonds is 1. The Morgan fingerprint density at radius 3 is 2.80 bits per heavy atom. The monoisotopic (exact) mass is 284 g/mol. The summed E-state index contributed by atoms with van der Waals surface area (Å²) < 4.78 is 38.0. The van der Waals surface area contributed by atoms with Crippen LogP contribution in [0.2, 0.25) is 0 Å². The van der Waals surface area contributed by atoms with Crippen molar-refractivity contribution in [3.05, 3.63) is 23.8 Å². The van der Waals surface area contributed by atoms with E-state index >= 15 is 0 Å². The van der Waals surface area contributed by atoms with E-state index in [9.17, 15) is 13.2 Å². The van der Waals surface area contributed by atoms with Crippen LogP contribution in [0, 0.1) is 0 Å². The molecule has 0 atom stereocenters. The van der Waals surface area contributed by atoms with Crippen LogP contribution in [-0.4, -0.2) is 36.1 Å². The number of nitrogens with one attached hydrogen (secondary N) is 2. The summed E-state index contributed by atoms with van der Waals surface area (Å²) in [6, 6.07) is 3.59. The van der Waals surface area contributed by atoms with E-state index in [0.717, 1.165) is 44.7 Å². The molecule has 0 aliphatic carbocycles. The largest absolute Gasteiger partial charge is 0.416 e. The van der Waals surface area contributed by atoms with Crippen molar-refractivity contribution < 1.29 is 13.2 Å². The molecule has 2 heterocycles. The van der Waals surface area contributed by atoms with E-state index in [0.29, 0.717) is 17.0 Å². The van der Waals surface area contributed by atoms with Crippen LogP contribution in [0.3, 0.4) is 0 Å². The topological polar surface area (TPSA) is 44.0 Å². The Bertz CT molecular complexity index is 597. The number of aromatic amines is 1. The highest BCUT2D eigenvalue weighted by atomic mass is 19.4. The van der Waals surface area contributed by atoms with Gasteiger partial charge in [-0.1, -0.05) is 0 Å². The Labute approximate surface area is 114 Å². The predicted molar refractivity (Wildman–Crippen MR) is 70.8 cm³/mol. The van der Waals surface area contributed by atoms with E-state index in [1.54, 1.807) is 0 Å². The average Bonchev–Trinajstić information content (AvgIpc) is 2.63. The summed E-state index contributed by atoms with van der Waals surface area (Å²) in [6.45, 7) is 3.45. The molecule has 0 spiro atoms. The molecule has 2 aromatic rings. The van der Waals surface area contributed by atoms with Crippen molar-refractivity contribution in [2.75, 3.05) is 31.1 Å².